The number of carboxylic acids is 1. The zero-order valence-electron chi connectivity index (χ0n) is 15.3. The highest BCUT2D eigenvalue weighted by Gasteiger charge is 2.31. The van der Waals surface area contributed by atoms with Gasteiger partial charge in [-0.3, -0.25) is 4.79 Å². The third kappa shape index (κ3) is 3.45. The van der Waals surface area contributed by atoms with E-state index < -0.39 is 5.97 Å². The van der Waals surface area contributed by atoms with Crippen molar-refractivity contribution < 1.29 is 14.7 Å². The van der Waals surface area contributed by atoms with Gasteiger partial charge in [0.05, 0.1) is 16.8 Å². The van der Waals surface area contributed by atoms with Crippen LogP contribution in [0.3, 0.4) is 0 Å². The molecular weight excluding hydrogens is 330 g/mol. The molecule has 0 saturated carbocycles. The summed E-state index contributed by atoms with van der Waals surface area (Å²) in [5, 5.41) is 9.39. The summed E-state index contributed by atoms with van der Waals surface area (Å²) >= 11 is 0. The number of benzene rings is 1. The molecule has 0 radical (unpaired) electrons. The minimum absolute atomic E-state index is 0.0300. The first-order chi connectivity index (χ1) is 12.4. The molecule has 0 bridgehead atoms. The van der Waals surface area contributed by atoms with Gasteiger partial charge in [-0.05, 0) is 25.0 Å². The molecule has 1 amide bonds. The molecule has 1 aromatic carbocycles. The van der Waals surface area contributed by atoms with Gasteiger partial charge in [0.2, 0.25) is 0 Å². The Kier molecular flexibility index (Phi) is 5.02. The number of nitrogens with zero attached hydrogens (tertiary/aromatic N) is 3. The van der Waals surface area contributed by atoms with Crippen molar-refractivity contribution in [1.82, 2.24) is 14.9 Å². The number of rotatable bonds is 4. The first kappa shape index (κ1) is 18.0. The van der Waals surface area contributed by atoms with E-state index in [0.717, 1.165) is 17.8 Å². The molecule has 1 N–H and O–H groups in total. The van der Waals surface area contributed by atoms with Crippen LogP contribution < -0.4 is 0 Å². The molecular formula is C20H23N3O3. The lowest BCUT2D eigenvalue weighted by Crippen LogP contribution is -2.29. The number of hydrogen-bond donors (Lipinski definition) is 1. The summed E-state index contributed by atoms with van der Waals surface area (Å²) in [5.74, 6) is -0.0512. The summed E-state index contributed by atoms with van der Waals surface area (Å²) in [4.78, 5) is 34.8. The largest absolute Gasteiger partial charge is 0.478 e. The van der Waals surface area contributed by atoms with Crippen LogP contribution in [-0.2, 0) is 0 Å². The van der Waals surface area contributed by atoms with Crippen LogP contribution in [0.2, 0.25) is 0 Å². The summed E-state index contributed by atoms with van der Waals surface area (Å²) in [5.41, 5.74) is 2.30. The van der Waals surface area contributed by atoms with Crippen molar-refractivity contribution in [3.05, 3.63) is 58.7 Å². The van der Waals surface area contributed by atoms with E-state index in [1.165, 1.54) is 0 Å². The minimum Gasteiger partial charge on any atom is -0.478 e. The van der Waals surface area contributed by atoms with Crippen molar-refractivity contribution in [2.45, 2.75) is 39.0 Å². The molecule has 1 aliphatic rings. The number of amides is 1. The van der Waals surface area contributed by atoms with Gasteiger partial charge >= 0.3 is 5.97 Å². The predicted octanol–water partition coefficient (Wildman–Crippen LogP) is 3.24. The highest BCUT2D eigenvalue weighted by molar-refractivity contribution is 5.95. The minimum atomic E-state index is -0.932. The number of carboxylic acid groups (broad SMARTS) is 1. The van der Waals surface area contributed by atoms with E-state index in [0.29, 0.717) is 29.9 Å². The SMILES string of the molecule is Cc1nc(C(C)C)ncc1C(=O)N1CC[C@@H](c2ccccc2C(=O)O)C1. The quantitative estimate of drug-likeness (QED) is 0.912. The van der Waals surface area contributed by atoms with E-state index in [4.69, 9.17) is 0 Å². The average molecular weight is 353 g/mol. The predicted molar refractivity (Wildman–Crippen MR) is 97.5 cm³/mol. The number of aryl methyl sites for hydroxylation is 1. The van der Waals surface area contributed by atoms with Crippen molar-refractivity contribution >= 4 is 11.9 Å². The Balaban J connectivity index is 1.79. The van der Waals surface area contributed by atoms with E-state index in [-0.39, 0.29) is 17.7 Å². The lowest BCUT2D eigenvalue weighted by molar-refractivity contribution is 0.0695. The molecule has 2 aromatic rings. The van der Waals surface area contributed by atoms with Gasteiger partial charge in [-0.2, -0.15) is 0 Å². The van der Waals surface area contributed by atoms with E-state index in [2.05, 4.69) is 9.97 Å². The Labute approximate surface area is 152 Å². The summed E-state index contributed by atoms with van der Waals surface area (Å²) in [7, 11) is 0. The van der Waals surface area contributed by atoms with Crippen LogP contribution >= 0.6 is 0 Å². The zero-order chi connectivity index (χ0) is 18.8. The van der Waals surface area contributed by atoms with Crippen LogP contribution in [0.15, 0.2) is 30.5 Å². The van der Waals surface area contributed by atoms with Gasteiger partial charge in [-0.15, -0.1) is 0 Å². The molecule has 2 heterocycles. The van der Waals surface area contributed by atoms with E-state index in [1.54, 1.807) is 23.2 Å². The molecule has 1 fully saturated rings. The monoisotopic (exact) mass is 353 g/mol. The van der Waals surface area contributed by atoms with Gasteiger partial charge < -0.3 is 10.0 Å². The van der Waals surface area contributed by atoms with Gasteiger partial charge in [0.15, 0.2) is 0 Å². The van der Waals surface area contributed by atoms with Crippen molar-refractivity contribution in [2.75, 3.05) is 13.1 Å². The smallest absolute Gasteiger partial charge is 0.335 e. The van der Waals surface area contributed by atoms with Crippen LogP contribution in [0, 0.1) is 6.92 Å². The maximum absolute atomic E-state index is 12.9. The summed E-state index contributed by atoms with van der Waals surface area (Å²) in [6.07, 6.45) is 2.36. The topological polar surface area (TPSA) is 83.4 Å². The maximum Gasteiger partial charge on any atom is 0.335 e. The lowest BCUT2D eigenvalue weighted by atomic mass is 9.93. The normalized spacial score (nSPS) is 16.9. The third-order valence-corrected chi connectivity index (χ3v) is 4.85. The molecule has 1 aliphatic heterocycles. The zero-order valence-corrected chi connectivity index (χ0v) is 15.3. The fourth-order valence-corrected chi connectivity index (χ4v) is 3.39. The fourth-order valence-electron chi connectivity index (χ4n) is 3.39. The van der Waals surface area contributed by atoms with Crippen LogP contribution in [0.5, 0.6) is 0 Å². The maximum atomic E-state index is 12.9. The molecule has 136 valence electrons. The van der Waals surface area contributed by atoms with Gasteiger partial charge in [-0.1, -0.05) is 32.0 Å². The molecule has 6 heteroatoms. The van der Waals surface area contributed by atoms with E-state index in [9.17, 15) is 14.7 Å². The Morgan fingerprint density at radius 1 is 1.23 bits per heavy atom. The number of aromatic carboxylic acids is 1. The van der Waals surface area contributed by atoms with Crippen molar-refractivity contribution in [3.8, 4) is 0 Å². The molecule has 26 heavy (non-hydrogen) atoms. The molecule has 0 spiro atoms. The Morgan fingerprint density at radius 3 is 2.62 bits per heavy atom. The second-order valence-electron chi connectivity index (χ2n) is 7.01. The van der Waals surface area contributed by atoms with Crippen molar-refractivity contribution in [3.63, 3.8) is 0 Å². The molecule has 1 saturated heterocycles. The second-order valence-corrected chi connectivity index (χ2v) is 7.01. The number of hydrogen-bond acceptors (Lipinski definition) is 4. The summed E-state index contributed by atoms with van der Waals surface area (Å²) in [6, 6.07) is 7.02. The highest BCUT2D eigenvalue weighted by atomic mass is 16.4. The van der Waals surface area contributed by atoms with Crippen molar-refractivity contribution in [2.24, 2.45) is 0 Å². The van der Waals surface area contributed by atoms with E-state index >= 15 is 0 Å². The van der Waals surface area contributed by atoms with Gasteiger partial charge in [0.1, 0.15) is 5.82 Å². The number of likely N-dealkylation sites (tertiary alicyclic amines) is 1. The number of carbonyl (C=O) groups is 2. The summed E-state index contributed by atoms with van der Waals surface area (Å²) in [6.45, 7) is 6.97. The second kappa shape index (κ2) is 7.23. The molecule has 0 aliphatic carbocycles. The average Bonchev–Trinajstić information content (AvgIpc) is 3.11. The third-order valence-electron chi connectivity index (χ3n) is 4.85. The molecule has 1 aromatic heterocycles. The lowest BCUT2D eigenvalue weighted by Gasteiger charge is -2.18. The van der Waals surface area contributed by atoms with E-state index in [1.807, 2.05) is 32.9 Å². The Morgan fingerprint density at radius 2 is 1.96 bits per heavy atom. The molecule has 3 rings (SSSR count). The van der Waals surface area contributed by atoms with Crippen LogP contribution in [0.1, 0.15) is 69.9 Å². The van der Waals surface area contributed by atoms with Gasteiger partial charge in [-0.25, -0.2) is 14.8 Å². The van der Waals surface area contributed by atoms with Crippen LogP contribution in [0.4, 0.5) is 0 Å². The summed E-state index contributed by atoms with van der Waals surface area (Å²) < 4.78 is 0. The Hall–Kier alpha value is -2.76. The van der Waals surface area contributed by atoms with Crippen molar-refractivity contribution in [1.29, 1.82) is 0 Å². The number of carbonyl (C=O) groups excluding carboxylic acids is 1. The van der Waals surface area contributed by atoms with Gasteiger partial charge in [0, 0.05) is 31.1 Å². The first-order valence-corrected chi connectivity index (χ1v) is 8.83. The standard InChI is InChI=1S/C20H23N3O3/c1-12(2)18-21-10-17(13(3)22-18)19(24)23-9-8-14(11-23)15-6-4-5-7-16(15)20(25)26/h4-7,10,12,14H,8-9,11H2,1-3H3,(H,25,26)/t14-/m1/s1. The molecule has 6 nitrogen and oxygen atoms in total. The van der Waals surface area contributed by atoms with Gasteiger partial charge in [0.25, 0.3) is 5.91 Å². The highest BCUT2D eigenvalue weighted by Crippen LogP contribution is 2.30. The first-order valence-electron chi connectivity index (χ1n) is 8.83. The Bertz CT molecular complexity index is 848. The molecule has 1 atom stereocenters. The van der Waals surface area contributed by atoms with Crippen LogP contribution in [-0.4, -0.2) is 44.9 Å². The van der Waals surface area contributed by atoms with Crippen LogP contribution in [0.25, 0.3) is 0 Å². The number of aromatic nitrogens is 2. The molecule has 0 unspecified atom stereocenters. The fraction of sp³-hybridized carbons (Fsp3) is 0.400.